The number of pyridine rings is 1. The van der Waals surface area contributed by atoms with Gasteiger partial charge >= 0.3 is 0 Å². The minimum Gasteiger partial charge on any atom is -0.348 e. The van der Waals surface area contributed by atoms with Crippen LogP contribution in [0.1, 0.15) is 39.4 Å². The van der Waals surface area contributed by atoms with Crippen LogP contribution < -0.4 is 5.32 Å². The van der Waals surface area contributed by atoms with Gasteiger partial charge in [-0.1, -0.05) is 28.8 Å². The third kappa shape index (κ3) is 4.36. The van der Waals surface area contributed by atoms with Crippen LogP contribution in [0.3, 0.4) is 0 Å². The number of carbonyl (C=O) groups is 2. The van der Waals surface area contributed by atoms with E-state index in [1.54, 1.807) is 18.5 Å². The number of fused-ring (bicyclic) bond motifs is 1. The van der Waals surface area contributed by atoms with Crippen molar-refractivity contribution in [3.05, 3.63) is 89.2 Å². The van der Waals surface area contributed by atoms with Crippen molar-refractivity contribution < 1.29 is 9.59 Å². The van der Waals surface area contributed by atoms with Crippen molar-refractivity contribution >= 4 is 33.4 Å². The molecule has 0 saturated heterocycles. The fraction of sp³-hybridized carbons (Fsp3) is 0.208. The van der Waals surface area contributed by atoms with Crippen LogP contribution in [0.2, 0.25) is 0 Å². The molecule has 1 saturated carbocycles. The van der Waals surface area contributed by atoms with Gasteiger partial charge in [-0.15, -0.1) is 5.10 Å². The zero-order valence-electron chi connectivity index (χ0n) is 16.7. The van der Waals surface area contributed by atoms with Gasteiger partial charge in [0.15, 0.2) is 0 Å². The second-order valence-corrected chi connectivity index (χ2v) is 8.62. The van der Waals surface area contributed by atoms with Crippen molar-refractivity contribution in [3.63, 3.8) is 0 Å². The summed E-state index contributed by atoms with van der Waals surface area (Å²) in [6, 6.07) is 17.2. The Labute approximate surface area is 183 Å². The number of amides is 1. The van der Waals surface area contributed by atoms with Gasteiger partial charge in [0.1, 0.15) is 11.3 Å². The summed E-state index contributed by atoms with van der Waals surface area (Å²) in [5, 5.41) is 6.96. The zero-order chi connectivity index (χ0) is 21.2. The Morgan fingerprint density at radius 2 is 2.00 bits per heavy atom. The molecule has 2 aromatic carbocycles. The SMILES string of the molecule is O=C(NCc1cccnc1)c1cccc([C@@H]2C[C@H]2C(=O)Cc2ccc3nnsc3c2)c1. The Morgan fingerprint density at radius 3 is 2.87 bits per heavy atom. The van der Waals surface area contributed by atoms with Crippen LogP contribution in [0.25, 0.3) is 10.2 Å². The first kappa shape index (κ1) is 19.5. The number of rotatable bonds is 7. The Morgan fingerprint density at radius 1 is 1.06 bits per heavy atom. The van der Waals surface area contributed by atoms with E-state index in [0.717, 1.165) is 33.3 Å². The van der Waals surface area contributed by atoms with Crippen LogP contribution in [-0.2, 0) is 17.8 Å². The largest absolute Gasteiger partial charge is 0.348 e. The summed E-state index contributed by atoms with van der Waals surface area (Å²) < 4.78 is 4.95. The summed E-state index contributed by atoms with van der Waals surface area (Å²) in [5.74, 6) is 0.324. The van der Waals surface area contributed by atoms with Gasteiger partial charge in [-0.25, -0.2) is 0 Å². The summed E-state index contributed by atoms with van der Waals surface area (Å²) in [5.41, 5.74) is 4.48. The number of Topliss-reactive ketones (excluding diaryl/α,β-unsaturated/α-hetero) is 1. The molecule has 2 atom stereocenters. The molecular weight excluding hydrogens is 408 g/mol. The molecule has 0 spiro atoms. The molecule has 6 nitrogen and oxygen atoms in total. The van der Waals surface area contributed by atoms with Crippen molar-refractivity contribution in [3.8, 4) is 0 Å². The molecule has 7 heteroatoms. The molecule has 0 aliphatic heterocycles. The maximum atomic E-state index is 12.8. The number of ketones is 1. The molecule has 154 valence electrons. The van der Waals surface area contributed by atoms with Crippen molar-refractivity contribution in [1.29, 1.82) is 0 Å². The minimum atomic E-state index is -0.124. The van der Waals surface area contributed by atoms with Gasteiger partial charge in [0, 0.05) is 36.8 Å². The summed E-state index contributed by atoms with van der Waals surface area (Å²) in [7, 11) is 0. The second kappa shape index (κ2) is 8.35. The highest BCUT2D eigenvalue weighted by atomic mass is 32.1. The van der Waals surface area contributed by atoms with E-state index in [2.05, 4.69) is 19.9 Å². The van der Waals surface area contributed by atoms with Gasteiger partial charge in [0.05, 0.1) is 4.70 Å². The van der Waals surface area contributed by atoms with E-state index in [4.69, 9.17) is 0 Å². The first-order chi connectivity index (χ1) is 15.2. The third-order valence-electron chi connectivity index (χ3n) is 5.65. The van der Waals surface area contributed by atoms with Crippen LogP contribution >= 0.6 is 11.5 Å². The van der Waals surface area contributed by atoms with E-state index in [1.807, 2.05) is 48.5 Å². The fourth-order valence-electron chi connectivity index (χ4n) is 3.88. The van der Waals surface area contributed by atoms with Crippen molar-refractivity contribution in [2.75, 3.05) is 0 Å². The Kier molecular flexibility index (Phi) is 5.26. The number of nitrogens with one attached hydrogen (secondary N) is 1. The molecule has 0 radical (unpaired) electrons. The smallest absolute Gasteiger partial charge is 0.251 e. The monoisotopic (exact) mass is 428 g/mol. The molecule has 1 aliphatic carbocycles. The first-order valence-corrected chi connectivity index (χ1v) is 11.0. The van der Waals surface area contributed by atoms with E-state index in [-0.39, 0.29) is 23.5 Å². The minimum absolute atomic E-state index is 0.0176. The van der Waals surface area contributed by atoms with E-state index < -0.39 is 0 Å². The van der Waals surface area contributed by atoms with Gasteiger partial charge < -0.3 is 5.32 Å². The number of benzene rings is 2. The van der Waals surface area contributed by atoms with E-state index in [9.17, 15) is 9.59 Å². The van der Waals surface area contributed by atoms with Crippen LogP contribution in [0, 0.1) is 5.92 Å². The molecule has 2 aromatic heterocycles. The van der Waals surface area contributed by atoms with E-state index in [0.29, 0.717) is 18.5 Å². The lowest BCUT2D eigenvalue weighted by Crippen LogP contribution is -2.22. The van der Waals surface area contributed by atoms with E-state index in [1.165, 1.54) is 11.5 Å². The van der Waals surface area contributed by atoms with Crippen molar-refractivity contribution in [2.45, 2.75) is 25.3 Å². The molecule has 31 heavy (non-hydrogen) atoms. The van der Waals surface area contributed by atoms with Crippen LogP contribution in [0.4, 0.5) is 0 Å². The Balaban J connectivity index is 1.21. The highest BCUT2D eigenvalue weighted by Gasteiger charge is 2.43. The Bertz CT molecular complexity index is 1250. The summed E-state index contributed by atoms with van der Waals surface area (Å²) in [6.45, 7) is 0.432. The zero-order valence-corrected chi connectivity index (χ0v) is 17.5. The highest BCUT2D eigenvalue weighted by Crippen LogP contribution is 2.48. The molecule has 4 aromatic rings. The fourth-order valence-corrected chi connectivity index (χ4v) is 4.50. The van der Waals surface area contributed by atoms with Gasteiger partial charge in [-0.3, -0.25) is 14.6 Å². The number of hydrogen-bond acceptors (Lipinski definition) is 6. The van der Waals surface area contributed by atoms with E-state index >= 15 is 0 Å². The lowest BCUT2D eigenvalue weighted by atomic mass is 10.0. The Hall–Kier alpha value is -3.45. The molecule has 1 fully saturated rings. The maximum Gasteiger partial charge on any atom is 0.251 e. The number of carbonyl (C=O) groups excluding carboxylic acids is 2. The molecule has 1 aliphatic rings. The van der Waals surface area contributed by atoms with Crippen LogP contribution in [0.5, 0.6) is 0 Å². The number of nitrogens with zero attached hydrogens (tertiary/aromatic N) is 3. The van der Waals surface area contributed by atoms with Crippen molar-refractivity contribution in [1.82, 2.24) is 19.9 Å². The van der Waals surface area contributed by atoms with Crippen molar-refractivity contribution in [2.24, 2.45) is 5.92 Å². The molecule has 1 amide bonds. The normalized spacial score (nSPS) is 17.4. The van der Waals surface area contributed by atoms with Gasteiger partial charge in [-0.2, -0.15) is 0 Å². The summed E-state index contributed by atoms with van der Waals surface area (Å²) in [6.07, 6.45) is 4.70. The highest BCUT2D eigenvalue weighted by molar-refractivity contribution is 7.12. The predicted octanol–water partition coefficient (Wildman–Crippen LogP) is 3.93. The summed E-state index contributed by atoms with van der Waals surface area (Å²) in [4.78, 5) is 29.4. The van der Waals surface area contributed by atoms with Gasteiger partial charge in [0.2, 0.25) is 0 Å². The van der Waals surface area contributed by atoms with Crippen LogP contribution in [-0.4, -0.2) is 26.3 Å². The topological polar surface area (TPSA) is 84.8 Å². The average molecular weight is 429 g/mol. The molecule has 5 rings (SSSR count). The first-order valence-electron chi connectivity index (χ1n) is 10.2. The van der Waals surface area contributed by atoms with Gasteiger partial charge in [-0.05, 0) is 70.9 Å². The maximum absolute atomic E-state index is 12.8. The quantitative estimate of drug-likeness (QED) is 0.482. The second-order valence-electron chi connectivity index (χ2n) is 7.84. The standard InChI is InChI=1S/C24H20N4O2S/c29-22(9-15-6-7-21-23(10-15)31-28-27-21)20-12-19(20)17-4-1-5-18(11-17)24(30)26-14-16-3-2-8-25-13-16/h1-8,10-11,13,19-20H,9,12,14H2,(H,26,30)/t19-,20+/m0/s1. The molecule has 0 bridgehead atoms. The molecule has 1 N–H and O–H groups in total. The van der Waals surface area contributed by atoms with Crippen LogP contribution in [0.15, 0.2) is 67.0 Å². The molecule has 0 unspecified atom stereocenters. The lowest BCUT2D eigenvalue weighted by Gasteiger charge is -2.07. The number of aromatic nitrogens is 3. The molecular formula is C24H20N4O2S. The number of hydrogen-bond donors (Lipinski definition) is 1. The summed E-state index contributed by atoms with van der Waals surface area (Å²) >= 11 is 1.34. The molecule has 2 heterocycles. The third-order valence-corrected chi connectivity index (χ3v) is 6.33. The van der Waals surface area contributed by atoms with Gasteiger partial charge in [0.25, 0.3) is 5.91 Å². The predicted molar refractivity (Wildman–Crippen MR) is 119 cm³/mol. The lowest BCUT2D eigenvalue weighted by molar-refractivity contribution is -0.119. The average Bonchev–Trinajstić information content (AvgIpc) is 3.48.